The molecule has 0 aliphatic heterocycles. The second kappa shape index (κ2) is 6.45. The number of H-pyrrole nitrogens is 1. The van der Waals surface area contributed by atoms with Crippen LogP contribution in [-0.4, -0.2) is 43.1 Å². The van der Waals surface area contributed by atoms with Crippen molar-refractivity contribution in [2.75, 3.05) is 13.6 Å². The summed E-state index contributed by atoms with van der Waals surface area (Å²) in [4.78, 5) is 21.7. The van der Waals surface area contributed by atoms with Gasteiger partial charge in [0.05, 0.1) is 17.4 Å². The van der Waals surface area contributed by atoms with E-state index >= 15 is 0 Å². The number of pyridine rings is 1. The number of likely N-dealkylation sites (N-methyl/N-ethyl adjacent to an activating group) is 1. The zero-order chi connectivity index (χ0) is 17.2. The molecule has 0 unspecified atom stereocenters. The van der Waals surface area contributed by atoms with Gasteiger partial charge in [0.25, 0.3) is 5.56 Å². The molecule has 0 fully saturated rings. The summed E-state index contributed by atoms with van der Waals surface area (Å²) in [6.45, 7) is 1.42. The molecule has 0 amide bonds. The summed E-state index contributed by atoms with van der Waals surface area (Å²) in [5.74, 6) is 1.58. The summed E-state index contributed by atoms with van der Waals surface area (Å²) in [7, 11) is 2.02. The lowest BCUT2D eigenvalue weighted by Crippen LogP contribution is -2.24. The molecule has 0 atom stereocenters. The van der Waals surface area contributed by atoms with Gasteiger partial charge in [-0.1, -0.05) is 18.2 Å². The minimum Gasteiger partial charge on any atom is -0.310 e. The highest BCUT2D eigenvalue weighted by Gasteiger charge is 2.09. The Morgan fingerprint density at radius 2 is 1.96 bits per heavy atom. The molecule has 126 valence electrons. The Hall–Kier alpha value is -3.06. The fourth-order valence-corrected chi connectivity index (χ4v) is 2.87. The van der Waals surface area contributed by atoms with Crippen molar-refractivity contribution in [1.82, 2.24) is 29.5 Å². The first-order valence-corrected chi connectivity index (χ1v) is 8.16. The van der Waals surface area contributed by atoms with Crippen LogP contribution in [0.2, 0.25) is 0 Å². The number of fused-ring (bicyclic) bond motifs is 2. The molecule has 25 heavy (non-hydrogen) atoms. The van der Waals surface area contributed by atoms with Crippen LogP contribution in [0.25, 0.3) is 16.6 Å². The first-order valence-electron chi connectivity index (χ1n) is 8.16. The van der Waals surface area contributed by atoms with E-state index in [0.717, 1.165) is 23.5 Å². The highest BCUT2D eigenvalue weighted by atomic mass is 16.1. The molecule has 0 aliphatic carbocycles. The van der Waals surface area contributed by atoms with Crippen molar-refractivity contribution in [1.29, 1.82) is 0 Å². The molecule has 0 spiro atoms. The highest BCUT2D eigenvalue weighted by Crippen LogP contribution is 2.08. The summed E-state index contributed by atoms with van der Waals surface area (Å²) in [6, 6.07) is 13.2. The predicted molar refractivity (Wildman–Crippen MR) is 95.4 cm³/mol. The van der Waals surface area contributed by atoms with Crippen molar-refractivity contribution in [2.24, 2.45) is 0 Å². The molecule has 3 heterocycles. The van der Waals surface area contributed by atoms with Crippen molar-refractivity contribution >= 4 is 16.6 Å². The minimum absolute atomic E-state index is 0.0910. The van der Waals surface area contributed by atoms with E-state index in [-0.39, 0.29) is 5.56 Å². The maximum Gasteiger partial charge on any atom is 0.258 e. The summed E-state index contributed by atoms with van der Waals surface area (Å²) >= 11 is 0. The number of para-hydroxylation sites is 1. The van der Waals surface area contributed by atoms with Gasteiger partial charge in [-0.3, -0.25) is 14.1 Å². The third kappa shape index (κ3) is 3.14. The van der Waals surface area contributed by atoms with Crippen LogP contribution in [0.4, 0.5) is 0 Å². The Morgan fingerprint density at radius 3 is 2.88 bits per heavy atom. The van der Waals surface area contributed by atoms with Gasteiger partial charge in [-0.2, -0.15) is 0 Å². The van der Waals surface area contributed by atoms with Gasteiger partial charge in [0, 0.05) is 19.2 Å². The Morgan fingerprint density at radius 1 is 1.12 bits per heavy atom. The maximum absolute atomic E-state index is 12.1. The molecule has 0 aliphatic rings. The molecule has 0 saturated carbocycles. The van der Waals surface area contributed by atoms with E-state index in [4.69, 9.17) is 0 Å². The fraction of sp³-hybridized carbons (Fsp3) is 0.222. The molecule has 1 N–H and O–H groups in total. The molecular formula is C18H18N6O. The molecule has 4 rings (SSSR count). The van der Waals surface area contributed by atoms with Gasteiger partial charge in [0.15, 0.2) is 11.5 Å². The number of aromatic amines is 1. The molecule has 0 radical (unpaired) electrons. The lowest BCUT2D eigenvalue weighted by molar-refractivity contribution is 0.319. The van der Waals surface area contributed by atoms with E-state index in [1.807, 2.05) is 54.0 Å². The number of aromatic nitrogens is 5. The topological polar surface area (TPSA) is 79.2 Å². The summed E-state index contributed by atoms with van der Waals surface area (Å²) < 4.78 is 1.98. The number of benzene rings is 1. The first kappa shape index (κ1) is 15.5. The van der Waals surface area contributed by atoms with Crippen molar-refractivity contribution < 1.29 is 0 Å². The molecule has 0 saturated heterocycles. The largest absolute Gasteiger partial charge is 0.310 e. The van der Waals surface area contributed by atoms with E-state index in [9.17, 15) is 4.79 Å². The normalized spacial score (nSPS) is 11.6. The van der Waals surface area contributed by atoms with Crippen molar-refractivity contribution in [2.45, 2.75) is 13.0 Å². The zero-order valence-corrected chi connectivity index (χ0v) is 13.9. The Labute approximate surface area is 144 Å². The smallest absolute Gasteiger partial charge is 0.258 e. The molecule has 3 aromatic heterocycles. The molecule has 1 aromatic carbocycles. The molecule has 4 aromatic rings. The first-order chi connectivity index (χ1) is 12.2. The quantitative estimate of drug-likeness (QED) is 0.600. The average Bonchev–Trinajstić information content (AvgIpc) is 3.03. The second-order valence-corrected chi connectivity index (χ2v) is 6.06. The van der Waals surface area contributed by atoms with E-state index in [2.05, 4.69) is 25.1 Å². The lowest BCUT2D eigenvalue weighted by Gasteiger charge is -2.15. The van der Waals surface area contributed by atoms with Crippen LogP contribution in [-0.2, 0) is 13.0 Å². The Balaban J connectivity index is 1.47. The van der Waals surface area contributed by atoms with Gasteiger partial charge < -0.3 is 4.98 Å². The highest BCUT2D eigenvalue weighted by molar-refractivity contribution is 5.77. The lowest BCUT2D eigenvalue weighted by atomic mass is 10.2. The van der Waals surface area contributed by atoms with Gasteiger partial charge in [0.2, 0.25) is 0 Å². The van der Waals surface area contributed by atoms with Crippen LogP contribution in [0.5, 0.6) is 0 Å². The third-order valence-corrected chi connectivity index (χ3v) is 4.19. The number of nitrogens with one attached hydrogen (secondary N) is 1. The number of nitrogens with zero attached hydrogens (tertiary/aromatic N) is 5. The molecule has 7 heteroatoms. The monoisotopic (exact) mass is 334 g/mol. The van der Waals surface area contributed by atoms with Crippen LogP contribution in [0.15, 0.2) is 53.5 Å². The van der Waals surface area contributed by atoms with Gasteiger partial charge in [-0.05, 0) is 31.3 Å². The van der Waals surface area contributed by atoms with E-state index < -0.39 is 0 Å². The van der Waals surface area contributed by atoms with E-state index in [0.29, 0.717) is 24.2 Å². The van der Waals surface area contributed by atoms with Gasteiger partial charge in [-0.15, -0.1) is 10.2 Å². The SMILES string of the molecule is CN(CCc1nc2ccccc2c(=O)[nH]1)Cc1nnc2ccccn12. The van der Waals surface area contributed by atoms with Crippen LogP contribution in [0.1, 0.15) is 11.6 Å². The summed E-state index contributed by atoms with van der Waals surface area (Å²) in [5, 5.41) is 9.03. The van der Waals surface area contributed by atoms with E-state index in [1.165, 1.54) is 0 Å². The maximum atomic E-state index is 12.1. The van der Waals surface area contributed by atoms with E-state index in [1.54, 1.807) is 6.07 Å². The number of rotatable bonds is 5. The second-order valence-electron chi connectivity index (χ2n) is 6.06. The Kier molecular flexibility index (Phi) is 3.99. The van der Waals surface area contributed by atoms with Gasteiger partial charge in [0.1, 0.15) is 5.82 Å². The van der Waals surface area contributed by atoms with Crippen LogP contribution in [0, 0.1) is 0 Å². The molecular weight excluding hydrogens is 316 g/mol. The molecule has 7 nitrogen and oxygen atoms in total. The van der Waals surface area contributed by atoms with Crippen LogP contribution in [0.3, 0.4) is 0 Å². The number of hydrogen-bond donors (Lipinski definition) is 1. The predicted octanol–water partition coefficient (Wildman–Crippen LogP) is 1.64. The van der Waals surface area contributed by atoms with Crippen molar-refractivity contribution in [3.05, 3.63) is 70.7 Å². The summed E-state index contributed by atoms with van der Waals surface area (Å²) in [6.07, 6.45) is 2.62. The van der Waals surface area contributed by atoms with Crippen LogP contribution >= 0.6 is 0 Å². The minimum atomic E-state index is -0.0910. The van der Waals surface area contributed by atoms with Gasteiger partial charge >= 0.3 is 0 Å². The zero-order valence-electron chi connectivity index (χ0n) is 13.9. The summed E-state index contributed by atoms with van der Waals surface area (Å²) in [5.41, 5.74) is 1.48. The van der Waals surface area contributed by atoms with Crippen molar-refractivity contribution in [3.8, 4) is 0 Å². The average molecular weight is 334 g/mol. The number of hydrogen-bond acceptors (Lipinski definition) is 5. The standard InChI is InChI=1S/C18H18N6O/c1-23(12-17-22-21-16-8-4-5-10-24(16)17)11-9-15-19-14-7-3-2-6-13(14)18(25)20-15/h2-8,10H,9,11-12H2,1H3,(H,19,20,25). The Bertz CT molecular complexity index is 1080. The van der Waals surface area contributed by atoms with Crippen molar-refractivity contribution in [3.63, 3.8) is 0 Å². The third-order valence-electron chi connectivity index (χ3n) is 4.19. The van der Waals surface area contributed by atoms with Crippen LogP contribution < -0.4 is 5.56 Å². The fourth-order valence-electron chi connectivity index (χ4n) is 2.87. The van der Waals surface area contributed by atoms with Gasteiger partial charge in [-0.25, -0.2) is 4.98 Å². The molecule has 0 bridgehead atoms.